The van der Waals surface area contributed by atoms with Crippen molar-refractivity contribution in [3.05, 3.63) is 59.9 Å². The van der Waals surface area contributed by atoms with Crippen molar-refractivity contribution >= 4 is 16.0 Å². The summed E-state index contributed by atoms with van der Waals surface area (Å²) >= 11 is 0. The van der Waals surface area contributed by atoms with Gasteiger partial charge in [-0.05, 0) is 42.5 Å². The van der Waals surface area contributed by atoms with Crippen LogP contribution in [0.15, 0.2) is 57.9 Å². The fourth-order valence-electron chi connectivity index (χ4n) is 2.52. The number of nitrogens with zero attached hydrogens (tertiary/aromatic N) is 1. The SMILES string of the molecule is COc1ccc(-c2cc(COC(=O)c3cc(S(N)(=O)=O)ccc3OC)on2)cc1. The van der Waals surface area contributed by atoms with Crippen molar-refractivity contribution in [2.75, 3.05) is 14.2 Å². The minimum Gasteiger partial charge on any atom is -0.497 e. The van der Waals surface area contributed by atoms with E-state index in [1.54, 1.807) is 25.3 Å². The molecule has 0 aliphatic carbocycles. The molecule has 10 heteroatoms. The highest BCUT2D eigenvalue weighted by Gasteiger charge is 2.19. The zero-order valence-electron chi connectivity index (χ0n) is 15.6. The van der Waals surface area contributed by atoms with E-state index in [9.17, 15) is 13.2 Å². The van der Waals surface area contributed by atoms with Crippen molar-refractivity contribution in [2.24, 2.45) is 5.14 Å². The van der Waals surface area contributed by atoms with Crippen molar-refractivity contribution in [1.82, 2.24) is 5.16 Å². The Labute approximate surface area is 167 Å². The van der Waals surface area contributed by atoms with Crippen molar-refractivity contribution in [3.63, 3.8) is 0 Å². The quantitative estimate of drug-likeness (QED) is 0.579. The highest BCUT2D eigenvalue weighted by molar-refractivity contribution is 7.89. The summed E-state index contributed by atoms with van der Waals surface area (Å²) < 4.78 is 43.6. The van der Waals surface area contributed by atoms with Crippen LogP contribution in [0.1, 0.15) is 16.1 Å². The number of primary sulfonamides is 1. The standard InChI is InChI=1S/C19H18N2O7S/c1-25-13-5-3-12(4-6-13)17-9-14(28-21-17)11-27-19(22)16-10-15(29(20,23)24)7-8-18(16)26-2/h3-10H,11H2,1-2H3,(H2,20,23,24). The number of nitrogens with two attached hydrogens (primary N) is 1. The van der Waals surface area contributed by atoms with E-state index < -0.39 is 16.0 Å². The average Bonchev–Trinajstić information content (AvgIpc) is 3.20. The number of aromatic nitrogens is 1. The molecule has 0 spiro atoms. The number of carbonyl (C=O) groups excluding carboxylic acids is 1. The molecule has 0 saturated carbocycles. The van der Waals surface area contributed by atoms with Crippen LogP contribution in [-0.2, 0) is 21.4 Å². The second-order valence-electron chi connectivity index (χ2n) is 5.89. The first-order chi connectivity index (χ1) is 13.8. The highest BCUT2D eigenvalue weighted by atomic mass is 32.2. The van der Waals surface area contributed by atoms with E-state index in [2.05, 4.69) is 5.16 Å². The van der Waals surface area contributed by atoms with Gasteiger partial charge in [-0.25, -0.2) is 18.4 Å². The maximum Gasteiger partial charge on any atom is 0.342 e. The highest BCUT2D eigenvalue weighted by Crippen LogP contribution is 2.25. The Kier molecular flexibility index (Phi) is 5.85. The molecule has 3 aromatic rings. The first-order valence-electron chi connectivity index (χ1n) is 8.30. The molecular formula is C19H18N2O7S. The fraction of sp³-hybridized carbons (Fsp3) is 0.158. The lowest BCUT2D eigenvalue weighted by Gasteiger charge is -2.09. The molecule has 0 aliphatic heterocycles. The molecule has 29 heavy (non-hydrogen) atoms. The van der Waals surface area contributed by atoms with Crippen LogP contribution in [0.4, 0.5) is 0 Å². The van der Waals surface area contributed by atoms with E-state index in [-0.39, 0.29) is 22.8 Å². The van der Waals surface area contributed by atoms with Gasteiger partial charge >= 0.3 is 5.97 Å². The molecule has 152 valence electrons. The van der Waals surface area contributed by atoms with Gasteiger partial charge in [0.05, 0.1) is 19.1 Å². The zero-order valence-corrected chi connectivity index (χ0v) is 16.4. The van der Waals surface area contributed by atoms with Crippen molar-refractivity contribution in [1.29, 1.82) is 0 Å². The Morgan fingerprint density at radius 1 is 1.07 bits per heavy atom. The maximum atomic E-state index is 12.4. The molecule has 3 rings (SSSR count). The molecule has 2 N–H and O–H groups in total. The minimum absolute atomic E-state index is 0.0751. The van der Waals surface area contributed by atoms with Gasteiger partial charge in [-0.1, -0.05) is 5.16 Å². The zero-order chi connectivity index (χ0) is 21.0. The third-order valence-electron chi connectivity index (χ3n) is 4.01. The number of rotatable bonds is 7. The average molecular weight is 418 g/mol. The first kappa shape index (κ1) is 20.4. The van der Waals surface area contributed by atoms with Crippen LogP contribution >= 0.6 is 0 Å². The van der Waals surface area contributed by atoms with Crippen molar-refractivity contribution < 1.29 is 31.9 Å². The number of benzene rings is 2. The molecule has 9 nitrogen and oxygen atoms in total. The molecule has 0 bridgehead atoms. The molecule has 0 aliphatic rings. The van der Waals surface area contributed by atoms with E-state index in [1.807, 2.05) is 12.1 Å². The van der Waals surface area contributed by atoms with Gasteiger partial charge in [-0.3, -0.25) is 0 Å². The van der Waals surface area contributed by atoms with Gasteiger partial charge < -0.3 is 18.7 Å². The third-order valence-corrected chi connectivity index (χ3v) is 4.92. The molecular weight excluding hydrogens is 400 g/mol. The molecule has 1 aromatic heterocycles. The summed E-state index contributed by atoms with van der Waals surface area (Å²) in [7, 11) is -1.06. The van der Waals surface area contributed by atoms with Gasteiger partial charge in [0.15, 0.2) is 12.4 Å². The summed E-state index contributed by atoms with van der Waals surface area (Å²) in [5.41, 5.74) is 1.29. The molecule has 0 atom stereocenters. The van der Waals surface area contributed by atoms with E-state index in [1.165, 1.54) is 19.2 Å². The van der Waals surface area contributed by atoms with Gasteiger partial charge in [0.1, 0.15) is 22.8 Å². The lowest BCUT2D eigenvalue weighted by molar-refractivity contribution is 0.0433. The van der Waals surface area contributed by atoms with Gasteiger partial charge in [-0.2, -0.15) is 0 Å². The van der Waals surface area contributed by atoms with Crippen LogP contribution in [0.5, 0.6) is 11.5 Å². The van der Waals surface area contributed by atoms with Crippen LogP contribution < -0.4 is 14.6 Å². The van der Waals surface area contributed by atoms with Gasteiger partial charge in [0, 0.05) is 11.6 Å². The van der Waals surface area contributed by atoms with Crippen LogP contribution in [0.3, 0.4) is 0 Å². The summed E-state index contributed by atoms with van der Waals surface area (Å²) in [4.78, 5) is 12.2. The molecule has 0 saturated heterocycles. The Balaban J connectivity index is 1.73. The molecule has 0 fully saturated rings. The van der Waals surface area contributed by atoms with Crippen LogP contribution in [0.2, 0.25) is 0 Å². The second-order valence-corrected chi connectivity index (χ2v) is 7.45. The molecule has 2 aromatic carbocycles. The summed E-state index contributed by atoms with van der Waals surface area (Å²) in [6.07, 6.45) is 0. The van der Waals surface area contributed by atoms with Crippen molar-refractivity contribution in [3.8, 4) is 22.8 Å². The normalized spacial score (nSPS) is 11.1. The molecule has 1 heterocycles. The Hall–Kier alpha value is -3.37. The number of hydrogen-bond acceptors (Lipinski definition) is 8. The monoisotopic (exact) mass is 418 g/mol. The van der Waals surface area contributed by atoms with Crippen molar-refractivity contribution in [2.45, 2.75) is 11.5 Å². The second kappa shape index (κ2) is 8.33. The largest absolute Gasteiger partial charge is 0.497 e. The van der Waals surface area contributed by atoms with Crippen LogP contribution in [-0.4, -0.2) is 33.8 Å². The van der Waals surface area contributed by atoms with E-state index in [4.69, 9.17) is 23.9 Å². The molecule has 0 amide bonds. The Morgan fingerprint density at radius 3 is 2.41 bits per heavy atom. The van der Waals surface area contributed by atoms with Crippen LogP contribution in [0, 0.1) is 0 Å². The smallest absolute Gasteiger partial charge is 0.342 e. The molecule has 0 unspecified atom stereocenters. The number of carbonyl (C=O) groups is 1. The predicted octanol–water partition coefficient (Wildman–Crippen LogP) is 2.36. The van der Waals surface area contributed by atoms with E-state index in [0.717, 1.165) is 11.6 Å². The lowest BCUT2D eigenvalue weighted by Crippen LogP contribution is -2.14. The summed E-state index contributed by atoms with van der Waals surface area (Å²) in [6, 6.07) is 12.5. The van der Waals surface area contributed by atoms with Gasteiger partial charge in [-0.15, -0.1) is 0 Å². The first-order valence-corrected chi connectivity index (χ1v) is 9.84. The van der Waals surface area contributed by atoms with E-state index >= 15 is 0 Å². The Morgan fingerprint density at radius 2 is 1.79 bits per heavy atom. The van der Waals surface area contributed by atoms with Crippen LogP contribution in [0.25, 0.3) is 11.3 Å². The van der Waals surface area contributed by atoms with E-state index in [0.29, 0.717) is 17.2 Å². The number of sulfonamides is 1. The minimum atomic E-state index is -3.98. The van der Waals surface area contributed by atoms with Gasteiger partial charge in [0.2, 0.25) is 10.0 Å². The predicted molar refractivity (Wildman–Crippen MR) is 102 cm³/mol. The lowest BCUT2D eigenvalue weighted by atomic mass is 10.1. The summed E-state index contributed by atoms with van der Waals surface area (Å²) in [6.45, 7) is -0.204. The number of ether oxygens (including phenoxy) is 3. The topological polar surface area (TPSA) is 131 Å². The van der Waals surface area contributed by atoms with Gasteiger partial charge in [0.25, 0.3) is 0 Å². The number of hydrogen-bond donors (Lipinski definition) is 1. The number of esters is 1. The number of methoxy groups -OCH3 is 2. The summed E-state index contributed by atoms with van der Waals surface area (Å²) in [5.74, 6) is 0.376. The summed E-state index contributed by atoms with van der Waals surface area (Å²) in [5, 5.41) is 9.05. The fourth-order valence-corrected chi connectivity index (χ4v) is 3.06. The maximum absolute atomic E-state index is 12.4. The Bertz CT molecular complexity index is 1120. The molecule has 0 radical (unpaired) electrons. The third kappa shape index (κ3) is 4.73.